The summed E-state index contributed by atoms with van der Waals surface area (Å²) in [5.41, 5.74) is 0.961. The van der Waals surface area contributed by atoms with E-state index in [9.17, 15) is 9.59 Å². The van der Waals surface area contributed by atoms with E-state index < -0.39 is 11.8 Å². The molecule has 0 aliphatic carbocycles. The molecule has 1 aromatic carbocycles. The molecule has 0 bridgehead atoms. The number of rotatable bonds is 6. The van der Waals surface area contributed by atoms with Crippen LogP contribution in [0.5, 0.6) is 0 Å². The van der Waals surface area contributed by atoms with Gasteiger partial charge in [0.15, 0.2) is 0 Å². The zero-order valence-electron chi connectivity index (χ0n) is 11.3. The highest BCUT2D eigenvalue weighted by molar-refractivity contribution is 6.35. The smallest absolute Gasteiger partial charge is 0.309 e. The van der Waals surface area contributed by atoms with Gasteiger partial charge in [0.1, 0.15) is 0 Å². The fourth-order valence-electron chi connectivity index (χ4n) is 1.59. The molecule has 5 heteroatoms. The van der Waals surface area contributed by atoms with Crippen LogP contribution in [-0.4, -0.2) is 32.1 Å². The van der Waals surface area contributed by atoms with Crippen molar-refractivity contribution in [2.75, 3.05) is 20.3 Å². The van der Waals surface area contributed by atoms with Crippen LogP contribution in [-0.2, 0) is 14.3 Å². The Kier molecular flexibility index (Phi) is 6.60. The lowest BCUT2D eigenvalue weighted by atomic mass is 10.1. The third-order valence-corrected chi connectivity index (χ3v) is 2.66. The summed E-state index contributed by atoms with van der Waals surface area (Å²) in [4.78, 5) is 23.1. The van der Waals surface area contributed by atoms with Crippen LogP contribution in [0.2, 0.25) is 0 Å². The third-order valence-electron chi connectivity index (χ3n) is 2.66. The Morgan fingerprint density at radius 3 is 2.53 bits per heavy atom. The van der Waals surface area contributed by atoms with Gasteiger partial charge in [-0.15, -0.1) is 0 Å². The molecule has 0 saturated carbocycles. The predicted octanol–water partition coefficient (Wildman–Crippen LogP) is 1.02. The monoisotopic (exact) mass is 264 g/mol. The Balaban J connectivity index is 2.35. The Morgan fingerprint density at radius 2 is 1.89 bits per heavy atom. The molecule has 0 aliphatic rings. The summed E-state index contributed by atoms with van der Waals surface area (Å²) >= 11 is 0. The number of ether oxygens (including phenoxy) is 1. The van der Waals surface area contributed by atoms with Gasteiger partial charge in [-0.3, -0.25) is 9.59 Å². The van der Waals surface area contributed by atoms with Crippen molar-refractivity contribution in [3.8, 4) is 0 Å². The Bertz CT molecular complexity index is 406. The number of hydrogen-bond acceptors (Lipinski definition) is 3. The lowest BCUT2D eigenvalue weighted by Gasteiger charge is -2.13. The van der Waals surface area contributed by atoms with E-state index in [4.69, 9.17) is 4.74 Å². The second kappa shape index (κ2) is 8.26. The Hall–Kier alpha value is -1.88. The predicted molar refractivity (Wildman–Crippen MR) is 72.5 cm³/mol. The molecule has 104 valence electrons. The van der Waals surface area contributed by atoms with Crippen LogP contribution in [0.1, 0.15) is 24.9 Å². The number of hydrogen-bond donors (Lipinski definition) is 2. The molecule has 0 heterocycles. The molecular formula is C14H20N2O3. The molecule has 1 rings (SSSR count). The summed E-state index contributed by atoms with van der Waals surface area (Å²) in [5.74, 6) is -1.23. The first-order valence-corrected chi connectivity index (χ1v) is 6.27. The average Bonchev–Trinajstić information content (AvgIpc) is 2.44. The van der Waals surface area contributed by atoms with E-state index in [-0.39, 0.29) is 6.04 Å². The number of amides is 2. The molecule has 1 atom stereocenters. The molecule has 0 spiro atoms. The van der Waals surface area contributed by atoms with E-state index in [1.807, 2.05) is 37.3 Å². The van der Waals surface area contributed by atoms with Crippen molar-refractivity contribution in [1.29, 1.82) is 0 Å². The minimum atomic E-state index is -0.617. The van der Waals surface area contributed by atoms with Gasteiger partial charge in [0.05, 0.1) is 6.04 Å². The molecule has 1 unspecified atom stereocenters. The van der Waals surface area contributed by atoms with Gasteiger partial charge in [0.25, 0.3) is 0 Å². The van der Waals surface area contributed by atoms with Gasteiger partial charge < -0.3 is 15.4 Å². The number of benzene rings is 1. The molecular weight excluding hydrogens is 244 g/mol. The molecule has 0 aliphatic heterocycles. The van der Waals surface area contributed by atoms with Crippen LogP contribution in [0.3, 0.4) is 0 Å². The molecule has 1 aromatic rings. The van der Waals surface area contributed by atoms with Crippen LogP contribution >= 0.6 is 0 Å². The van der Waals surface area contributed by atoms with Crippen molar-refractivity contribution in [3.05, 3.63) is 35.9 Å². The highest BCUT2D eigenvalue weighted by atomic mass is 16.5. The van der Waals surface area contributed by atoms with Crippen LogP contribution in [0.15, 0.2) is 30.3 Å². The zero-order valence-corrected chi connectivity index (χ0v) is 11.3. The maximum absolute atomic E-state index is 11.6. The number of nitrogens with one attached hydrogen (secondary N) is 2. The first-order valence-electron chi connectivity index (χ1n) is 6.27. The highest BCUT2D eigenvalue weighted by Crippen LogP contribution is 2.10. The van der Waals surface area contributed by atoms with Gasteiger partial charge in [-0.1, -0.05) is 30.3 Å². The van der Waals surface area contributed by atoms with E-state index >= 15 is 0 Å². The Labute approximate surface area is 113 Å². The normalized spacial score (nSPS) is 11.7. The van der Waals surface area contributed by atoms with Crippen molar-refractivity contribution in [2.24, 2.45) is 0 Å². The maximum atomic E-state index is 11.6. The fourth-order valence-corrected chi connectivity index (χ4v) is 1.59. The minimum absolute atomic E-state index is 0.196. The first kappa shape index (κ1) is 15.2. The Morgan fingerprint density at radius 1 is 1.21 bits per heavy atom. The van der Waals surface area contributed by atoms with E-state index in [1.165, 1.54) is 0 Å². The fraction of sp³-hybridized carbons (Fsp3) is 0.429. The lowest BCUT2D eigenvalue weighted by Crippen LogP contribution is -2.41. The number of methoxy groups -OCH3 is 1. The van der Waals surface area contributed by atoms with Crippen LogP contribution < -0.4 is 10.6 Å². The minimum Gasteiger partial charge on any atom is -0.385 e. The summed E-state index contributed by atoms with van der Waals surface area (Å²) < 4.78 is 4.85. The highest BCUT2D eigenvalue weighted by Gasteiger charge is 2.16. The standard InChI is InChI=1S/C14H20N2O3/c1-11(12-7-4-3-5-8-12)16-14(18)13(17)15-9-6-10-19-2/h3-5,7-8,11H,6,9-10H2,1-2H3,(H,15,17)(H,16,18). The van der Waals surface area contributed by atoms with Gasteiger partial charge in [0.2, 0.25) is 0 Å². The summed E-state index contributed by atoms with van der Waals surface area (Å²) in [5, 5.41) is 5.20. The van der Waals surface area contributed by atoms with Crippen molar-refractivity contribution in [2.45, 2.75) is 19.4 Å². The quantitative estimate of drug-likeness (QED) is 0.595. The topological polar surface area (TPSA) is 67.4 Å². The molecule has 2 N–H and O–H groups in total. The van der Waals surface area contributed by atoms with Gasteiger partial charge in [-0.25, -0.2) is 0 Å². The van der Waals surface area contributed by atoms with Crippen molar-refractivity contribution < 1.29 is 14.3 Å². The average molecular weight is 264 g/mol. The van der Waals surface area contributed by atoms with Gasteiger partial charge in [0, 0.05) is 20.3 Å². The van der Waals surface area contributed by atoms with Crippen molar-refractivity contribution in [3.63, 3.8) is 0 Å². The summed E-state index contributed by atoms with van der Waals surface area (Å²) in [6, 6.07) is 9.30. The summed E-state index contributed by atoms with van der Waals surface area (Å²) in [7, 11) is 1.59. The molecule has 0 fully saturated rings. The SMILES string of the molecule is COCCCNC(=O)C(=O)NC(C)c1ccccc1. The lowest BCUT2D eigenvalue weighted by molar-refractivity contribution is -0.139. The van der Waals surface area contributed by atoms with Crippen molar-refractivity contribution in [1.82, 2.24) is 10.6 Å². The summed E-state index contributed by atoms with van der Waals surface area (Å²) in [6.07, 6.45) is 0.684. The molecule has 0 aromatic heterocycles. The number of carbonyl (C=O) groups excluding carboxylic acids is 2. The van der Waals surface area contributed by atoms with E-state index in [1.54, 1.807) is 7.11 Å². The zero-order chi connectivity index (χ0) is 14.1. The van der Waals surface area contributed by atoms with E-state index in [0.29, 0.717) is 19.6 Å². The van der Waals surface area contributed by atoms with Crippen molar-refractivity contribution >= 4 is 11.8 Å². The molecule has 0 radical (unpaired) electrons. The molecule has 0 saturated heterocycles. The summed E-state index contributed by atoms with van der Waals surface area (Å²) in [6.45, 7) is 2.83. The second-order valence-corrected chi connectivity index (χ2v) is 4.21. The van der Waals surface area contributed by atoms with Gasteiger partial charge in [-0.05, 0) is 18.9 Å². The first-order chi connectivity index (χ1) is 9.15. The van der Waals surface area contributed by atoms with Crippen LogP contribution in [0, 0.1) is 0 Å². The molecule has 2 amide bonds. The van der Waals surface area contributed by atoms with Gasteiger partial charge >= 0.3 is 11.8 Å². The molecule has 19 heavy (non-hydrogen) atoms. The largest absolute Gasteiger partial charge is 0.385 e. The van der Waals surface area contributed by atoms with Gasteiger partial charge in [-0.2, -0.15) is 0 Å². The van der Waals surface area contributed by atoms with Crippen LogP contribution in [0.4, 0.5) is 0 Å². The second-order valence-electron chi connectivity index (χ2n) is 4.21. The number of carbonyl (C=O) groups is 2. The van der Waals surface area contributed by atoms with E-state index in [2.05, 4.69) is 10.6 Å². The maximum Gasteiger partial charge on any atom is 0.309 e. The van der Waals surface area contributed by atoms with E-state index in [0.717, 1.165) is 5.56 Å². The molecule has 5 nitrogen and oxygen atoms in total. The third kappa shape index (κ3) is 5.52. The van der Waals surface area contributed by atoms with Crippen LogP contribution in [0.25, 0.3) is 0 Å².